The summed E-state index contributed by atoms with van der Waals surface area (Å²) in [5.74, 6) is -1.57. The normalized spacial score (nSPS) is 18.9. The van der Waals surface area contributed by atoms with Gasteiger partial charge in [0, 0.05) is 5.56 Å². The van der Waals surface area contributed by atoms with E-state index in [1.54, 1.807) is 19.1 Å². The number of ether oxygens (including phenoxy) is 1. The molecule has 19 heavy (non-hydrogen) atoms. The zero-order valence-corrected chi connectivity index (χ0v) is 10.2. The van der Waals surface area contributed by atoms with Crippen LogP contribution in [0, 0.1) is 6.92 Å². The number of fused-ring (bicyclic) bond motifs is 1. The lowest BCUT2D eigenvalue weighted by atomic mass is 9.92. The number of hydrogen-bond donors (Lipinski definition) is 1. The number of carboxylic acid groups (broad SMARTS) is 1. The van der Waals surface area contributed by atoms with E-state index in [9.17, 15) is 18.0 Å². The molecule has 102 valence electrons. The van der Waals surface area contributed by atoms with Crippen LogP contribution >= 0.6 is 0 Å². The van der Waals surface area contributed by atoms with Crippen molar-refractivity contribution in [3.05, 3.63) is 34.9 Å². The molecular weight excluding hydrogens is 261 g/mol. The molecule has 1 aromatic rings. The first-order valence-electron chi connectivity index (χ1n) is 5.50. The summed E-state index contributed by atoms with van der Waals surface area (Å²) < 4.78 is 43.5. The van der Waals surface area contributed by atoms with E-state index in [0.717, 1.165) is 5.56 Å². The van der Waals surface area contributed by atoms with Gasteiger partial charge in [-0.2, -0.15) is 13.2 Å². The fourth-order valence-corrected chi connectivity index (χ4v) is 2.07. The Hall–Kier alpha value is -1.98. The number of allylic oxidation sites excluding steroid dienone is 1. The van der Waals surface area contributed by atoms with Crippen molar-refractivity contribution < 1.29 is 27.8 Å². The average Bonchev–Trinajstić information content (AvgIpc) is 2.27. The van der Waals surface area contributed by atoms with Gasteiger partial charge in [0.2, 0.25) is 6.10 Å². The van der Waals surface area contributed by atoms with E-state index >= 15 is 0 Å². The van der Waals surface area contributed by atoms with E-state index in [4.69, 9.17) is 9.84 Å². The van der Waals surface area contributed by atoms with Crippen LogP contribution in [0.5, 0.6) is 5.75 Å². The Kier molecular flexibility index (Phi) is 3.04. The first-order chi connectivity index (χ1) is 8.71. The Morgan fingerprint density at radius 2 is 1.95 bits per heavy atom. The molecule has 0 saturated carbocycles. The lowest BCUT2D eigenvalue weighted by Gasteiger charge is -2.29. The molecule has 3 nitrogen and oxygen atoms in total. The Morgan fingerprint density at radius 3 is 2.47 bits per heavy atom. The monoisotopic (exact) mass is 272 g/mol. The van der Waals surface area contributed by atoms with Gasteiger partial charge in [-0.15, -0.1) is 0 Å². The van der Waals surface area contributed by atoms with Crippen molar-refractivity contribution in [2.24, 2.45) is 0 Å². The number of alkyl halides is 3. The molecule has 1 atom stereocenters. The number of halogens is 3. The summed E-state index contributed by atoms with van der Waals surface area (Å²) in [5.41, 5.74) is 0.528. The molecule has 0 saturated heterocycles. The van der Waals surface area contributed by atoms with Crippen LogP contribution in [-0.4, -0.2) is 23.4 Å². The molecule has 0 fully saturated rings. The molecule has 0 spiro atoms. The third kappa shape index (κ3) is 2.30. The minimum absolute atomic E-state index is 0.0513. The summed E-state index contributed by atoms with van der Waals surface area (Å²) in [6.45, 7) is 3.13. The van der Waals surface area contributed by atoms with Gasteiger partial charge < -0.3 is 9.84 Å². The van der Waals surface area contributed by atoms with Gasteiger partial charge in [-0.05, 0) is 31.6 Å². The number of benzene rings is 1. The molecule has 0 bridgehead atoms. The van der Waals surface area contributed by atoms with Crippen molar-refractivity contribution in [2.45, 2.75) is 26.1 Å². The fraction of sp³-hybridized carbons (Fsp3) is 0.308. The van der Waals surface area contributed by atoms with Crippen LogP contribution in [0.3, 0.4) is 0 Å². The number of rotatable bonds is 1. The van der Waals surface area contributed by atoms with E-state index in [1.165, 1.54) is 13.0 Å². The SMILES string of the molecule is CC1=C(C(=O)O)C(C(F)(F)F)Oc2ccc(C)cc21. The summed E-state index contributed by atoms with van der Waals surface area (Å²) in [6.07, 6.45) is -7.20. The zero-order valence-electron chi connectivity index (χ0n) is 10.2. The van der Waals surface area contributed by atoms with Crippen LogP contribution in [0.2, 0.25) is 0 Å². The summed E-state index contributed by atoms with van der Waals surface area (Å²) in [5, 5.41) is 9.00. The van der Waals surface area contributed by atoms with Crippen molar-refractivity contribution >= 4 is 11.5 Å². The highest BCUT2D eigenvalue weighted by molar-refractivity contribution is 5.99. The van der Waals surface area contributed by atoms with Gasteiger partial charge >= 0.3 is 12.1 Å². The second-order valence-electron chi connectivity index (χ2n) is 4.38. The molecular formula is C13H11F3O3. The molecule has 2 rings (SSSR count). The molecule has 0 amide bonds. The van der Waals surface area contributed by atoms with Gasteiger partial charge in [-0.1, -0.05) is 11.6 Å². The van der Waals surface area contributed by atoms with Crippen LogP contribution in [0.25, 0.3) is 5.57 Å². The molecule has 1 aromatic carbocycles. The quantitative estimate of drug-likeness (QED) is 0.854. The largest absolute Gasteiger partial charge is 0.478 e. The third-order valence-corrected chi connectivity index (χ3v) is 2.98. The fourth-order valence-electron chi connectivity index (χ4n) is 2.07. The predicted molar refractivity (Wildman–Crippen MR) is 61.9 cm³/mol. The molecule has 0 radical (unpaired) electrons. The van der Waals surface area contributed by atoms with Crippen molar-refractivity contribution in [1.82, 2.24) is 0 Å². The molecule has 1 unspecified atom stereocenters. The Balaban J connectivity index is 2.66. The maximum atomic E-state index is 12.9. The Labute approximate surface area is 107 Å². The molecule has 0 aromatic heterocycles. The smallest absolute Gasteiger partial charge is 0.430 e. The molecule has 6 heteroatoms. The summed E-state index contributed by atoms with van der Waals surface area (Å²) in [6, 6.07) is 4.65. The standard InChI is InChI=1S/C13H11F3O3/c1-6-3-4-9-8(5-6)7(2)10(12(17)18)11(19-9)13(14,15)16/h3-5,11H,1-2H3,(H,17,18). The van der Waals surface area contributed by atoms with Gasteiger partial charge in [0.15, 0.2) is 0 Å². The molecule has 1 heterocycles. The van der Waals surface area contributed by atoms with Gasteiger partial charge in [-0.3, -0.25) is 0 Å². The topological polar surface area (TPSA) is 46.5 Å². The Morgan fingerprint density at radius 1 is 1.32 bits per heavy atom. The number of aryl methyl sites for hydroxylation is 1. The first-order valence-corrected chi connectivity index (χ1v) is 5.50. The predicted octanol–water partition coefficient (Wildman–Crippen LogP) is 3.18. The van der Waals surface area contributed by atoms with Gasteiger partial charge in [-0.25, -0.2) is 4.79 Å². The van der Waals surface area contributed by atoms with E-state index in [2.05, 4.69) is 0 Å². The summed E-state index contributed by atoms with van der Waals surface area (Å²) >= 11 is 0. The maximum Gasteiger partial charge on any atom is 0.430 e. The van der Waals surface area contributed by atoms with Gasteiger partial charge in [0.1, 0.15) is 5.75 Å². The number of hydrogen-bond acceptors (Lipinski definition) is 2. The third-order valence-electron chi connectivity index (χ3n) is 2.98. The number of aliphatic carboxylic acids is 1. The van der Waals surface area contributed by atoms with E-state index in [-0.39, 0.29) is 11.3 Å². The highest BCUT2D eigenvalue weighted by Crippen LogP contribution is 2.41. The van der Waals surface area contributed by atoms with Crippen LogP contribution in [0.4, 0.5) is 13.2 Å². The Bertz CT molecular complexity index is 573. The molecule has 1 N–H and O–H groups in total. The summed E-state index contributed by atoms with van der Waals surface area (Å²) in [7, 11) is 0. The van der Waals surface area contributed by atoms with E-state index in [1.807, 2.05) is 0 Å². The van der Waals surface area contributed by atoms with Crippen LogP contribution in [0.15, 0.2) is 23.8 Å². The minimum Gasteiger partial charge on any atom is -0.478 e. The highest BCUT2D eigenvalue weighted by Gasteiger charge is 2.49. The lowest BCUT2D eigenvalue weighted by Crippen LogP contribution is -2.41. The van der Waals surface area contributed by atoms with Crippen molar-refractivity contribution in [2.75, 3.05) is 0 Å². The van der Waals surface area contributed by atoms with Crippen molar-refractivity contribution in [3.63, 3.8) is 0 Å². The minimum atomic E-state index is -4.77. The molecule has 1 aliphatic heterocycles. The van der Waals surface area contributed by atoms with E-state index < -0.39 is 23.8 Å². The van der Waals surface area contributed by atoms with Crippen molar-refractivity contribution in [3.8, 4) is 5.75 Å². The van der Waals surface area contributed by atoms with Crippen molar-refractivity contribution in [1.29, 1.82) is 0 Å². The molecule has 0 aliphatic carbocycles. The van der Waals surface area contributed by atoms with E-state index in [0.29, 0.717) is 5.56 Å². The second-order valence-corrected chi connectivity index (χ2v) is 4.38. The van der Waals surface area contributed by atoms with Gasteiger partial charge in [0.25, 0.3) is 0 Å². The average molecular weight is 272 g/mol. The highest BCUT2D eigenvalue weighted by atomic mass is 19.4. The zero-order chi connectivity index (χ0) is 14.4. The number of carbonyl (C=O) groups is 1. The van der Waals surface area contributed by atoms with Crippen LogP contribution in [-0.2, 0) is 4.79 Å². The summed E-state index contributed by atoms with van der Waals surface area (Å²) in [4.78, 5) is 11.1. The van der Waals surface area contributed by atoms with Crippen LogP contribution in [0.1, 0.15) is 18.1 Å². The second kappa shape index (κ2) is 4.29. The lowest BCUT2D eigenvalue weighted by molar-refractivity contribution is -0.187. The van der Waals surface area contributed by atoms with Gasteiger partial charge in [0.05, 0.1) is 5.57 Å². The number of carboxylic acids is 1. The van der Waals surface area contributed by atoms with Crippen LogP contribution < -0.4 is 4.74 Å². The molecule has 1 aliphatic rings. The maximum absolute atomic E-state index is 12.9. The first kappa shape index (κ1) is 13.5.